The van der Waals surface area contributed by atoms with E-state index in [1.54, 1.807) is 18.3 Å². The van der Waals surface area contributed by atoms with Gasteiger partial charge in [-0.3, -0.25) is 9.78 Å². The predicted octanol–water partition coefficient (Wildman–Crippen LogP) is 2.05. The van der Waals surface area contributed by atoms with Gasteiger partial charge in [-0.05, 0) is 36.4 Å². The van der Waals surface area contributed by atoms with Crippen LogP contribution in [0.5, 0.6) is 0 Å². The fourth-order valence-corrected chi connectivity index (χ4v) is 1.56. The summed E-state index contributed by atoms with van der Waals surface area (Å²) in [5, 5.41) is 5.84. The normalized spacial score (nSPS) is 9.83. The van der Waals surface area contributed by atoms with Crippen molar-refractivity contribution in [3.8, 4) is 0 Å². The van der Waals surface area contributed by atoms with E-state index in [1.807, 2.05) is 37.4 Å². The highest BCUT2D eigenvalue weighted by Crippen LogP contribution is 2.08. The van der Waals surface area contributed by atoms with Gasteiger partial charge < -0.3 is 10.6 Å². The molecule has 18 heavy (non-hydrogen) atoms. The minimum Gasteiger partial charge on any atom is -0.388 e. The number of rotatable bonds is 4. The van der Waals surface area contributed by atoms with Crippen LogP contribution in [0.1, 0.15) is 16.1 Å². The number of carbonyl (C=O) groups is 1. The van der Waals surface area contributed by atoms with Crippen molar-refractivity contribution in [3.63, 3.8) is 0 Å². The summed E-state index contributed by atoms with van der Waals surface area (Å²) < 4.78 is 0. The second kappa shape index (κ2) is 5.82. The molecule has 0 unspecified atom stereocenters. The van der Waals surface area contributed by atoms with E-state index in [0.29, 0.717) is 12.1 Å². The average Bonchev–Trinajstić information content (AvgIpc) is 2.46. The van der Waals surface area contributed by atoms with Crippen molar-refractivity contribution in [1.82, 2.24) is 10.3 Å². The molecule has 2 rings (SSSR count). The van der Waals surface area contributed by atoms with Gasteiger partial charge in [0, 0.05) is 24.5 Å². The van der Waals surface area contributed by atoms with E-state index in [-0.39, 0.29) is 5.91 Å². The maximum atomic E-state index is 11.9. The van der Waals surface area contributed by atoms with Gasteiger partial charge in [0.05, 0.1) is 12.2 Å². The second-order valence-electron chi connectivity index (χ2n) is 3.83. The van der Waals surface area contributed by atoms with Crippen molar-refractivity contribution >= 4 is 11.6 Å². The second-order valence-corrected chi connectivity index (χ2v) is 3.83. The zero-order valence-corrected chi connectivity index (χ0v) is 10.2. The van der Waals surface area contributed by atoms with Crippen LogP contribution in [0.15, 0.2) is 48.7 Å². The summed E-state index contributed by atoms with van der Waals surface area (Å²) in [5.74, 6) is -0.0942. The molecule has 0 atom stereocenters. The van der Waals surface area contributed by atoms with Crippen LogP contribution in [0.25, 0.3) is 0 Å². The number of carbonyl (C=O) groups excluding carboxylic acids is 1. The lowest BCUT2D eigenvalue weighted by molar-refractivity contribution is 0.0950. The van der Waals surface area contributed by atoms with Gasteiger partial charge in [-0.1, -0.05) is 6.07 Å². The monoisotopic (exact) mass is 241 g/mol. The molecule has 1 aromatic heterocycles. The summed E-state index contributed by atoms with van der Waals surface area (Å²) in [7, 11) is 1.84. The Labute approximate surface area is 106 Å². The molecular weight excluding hydrogens is 226 g/mol. The Balaban J connectivity index is 1.95. The number of pyridine rings is 1. The number of benzene rings is 1. The molecule has 0 bridgehead atoms. The van der Waals surface area contributed by atoms with E-state index >= 15 is 0 Å². The summed E-state index contributed by atoms with van der Waals surface area (Å²) in [4.78, 5) is 16.0. The third kappa shape index (κ3) is 3.07. The minimum atomic E-state index is -0.0942. The van der Waals surface area contributed by atoms with E-state index in [2.05, 4.69) is 15.6 Å². The summed E-state index contributed by atoms with van der Waals surface area (Å²) >= 11 is 0. The van der Waals surface area contributed by atoms with Gasteiger partial charge in [-0.25, -0.2) is 0 Å². The van der Waals surface area contributed by atoms with E-state index in [9.17, 15) is 4.79 Å². The van der Waals surface area contributed by atoms with Gasteiger partial charge in [-0.2, -0.15) is 0 Å². The number of amides is 1. The first-order chi connectivity index (χ1) is 8.79. The SMILES string of the molecule is CNc1ccc(C(=O)NCc2ccccn2)cc1. The van der Waals surface area contributed by atoms with Gasteiger partial charge in [0.25, 0.3) is 5.91 Å². The Bertz CT molecular complexity index is 508. The van der Waals surface area contributed by atoms with E-state index in [0.717, 1.165) is 11.4 Å². The molecule has 1 amide bonds. The maximum Gasteiger partial charge on any atom is 0.251 e. The molecule has 2 N–H and O–H groups in total. The van der Waals surface area contributed by atoms with E-state index < -0.39 is 0 Å². The smallest absolute Gasteiger partial charge is 0.251 e. The largest absolute Gasteiger partial charge is 0.388 e. The number of hydrogen-bond acceptors (Lipinski definition) is 3. The highest BCUT2D eigenvalue weighted by atomic mass is 16.1. The molecular formula is C14H15N3O. The molecule has 4 heteroatoms. The van der Waals surface area contributed by atoms with Crippen molar-refractivity contribution in [3.05, 3.63) is 59.9 Å². The number of nitrogens with one attached hydrogen (secondary N) is 2. The lowest BCUT2D eigenvalue weighted by Crippen LogP contribution is -2.23. The molecule has 1 aromatic carbocycles. The Hall–Kier alpha value is -2.36. The molecule has 0 fully saturated rings. The molecule has 4 nitrogen and oxygen atoms in total. The molecule has 2 aromatic rings. The standard InChI is InChI=1S/C14H15N3O/c1-15-12-7-5-11(6-8-12)14(18)17-10-13-4-2-3-9-16-13/h2-9,15H,10H2,1H3,(H,17,18). The van der Waals surface area contributed by atoms with Gasteiger partial charge in [0.2, 0.25) is 0 Å². The van der Waals surface area contributed by atoms with Crippen molar-refractivity contribution in [1.29, 1.82) is 0 Å². The zero-order chi connectivity index (χ0) is 12.8. The Morgan fingerprint density at radius 2 is 1.94 bits per heavy atom. The highest BCUT2D eigenvalue weighted by Gasteiger charge is 2.04. The molecule has 92 valence electrons. The van der Waals surface area contributed by atoms with Crippen LogP contribution in [-0.4, -0.2) is 17.9 Å². The first kappa shape index (κ1) is 12.1. The van der Waals surface area contributed by atoms with Crippen molar-refractivity contribution in [2.75, 3.05) is 12.4 Å². The average molecular weight is 241 g/mol. The number of nitrogens with zero attached hydrogens (tertiary/aromatic N) is 1. The summed E-state index contributed by atoms with van der Waals surface area (Å²) in [6.07, 6.45) is 1.71. The molecule has 0 radical (unpaired) electrons. The fraction of sp³-hybridized carbons (Fsp3) is 0.143. The van der Waals surface area contributed by atoms with Crippen LogP contribution in [0, 0.1) is 0 Å². The van der Waals surface area contributed by atoms with Crippen LogP contribution < -0.4 is 10.6 Å². The number of hydrogen-bond donors (Lipinski definition) is 2. The van der Waals surface area contributed by atoms with Crippen molar-refractivity contribution in [2.24, 2.45) is 0 Å². The zero-order valence-electron chi connectivity index (χ0n) is 10.2. The summed E-state index contributed by atoms with van der Waals surface area (Å²) in [6.45, 7) is 0.438. The van der Waals surface area contributed by atoms with Gasteiger partial charge in [0.15, 0.2) is 0 Å². The first-order valence-corrected chi connectivity index (χ1v) is 5.75. The third-order valence-corrected chi connectivity index (χ3v) is 2.59. The third-order valence-electron chi connectivity index (χ3n) is 2.59. The maximum absolute atomic E-state index is 11.9. The van der Waals surface area contributed by atoms with Gasteiger partial charge in [0.1, 0.15) is 0 Å². The molecule has 0 aliphatic carbocycles. The molecule has 0 aliphatic heterocycles. The van der Waals surface area contributed by atoms with E-state index in [4.69, 9.17) is 0 Å². The van der Waals surface area contributed by atoms with Crippen molar-refractivity contribution in [2.45, 2.75) is 6.54 Å². The molecule has 1 heterocycles. The summed E-state index contributed by atoms with van der Waals surface area (Å²) in [5.41, 5.74) is 2.47. The Morgan fingerprint density at radius 1 is 1.17 bits per heavy atom. The predicted molar refractivity (Wildman–Crippen MR) is 71.4 cm³/mol. The van der Waals surface area contributed by atoms with Gasteiger partial charge >= 0.3 is 0 Å². The first-order valence-electron chi connectivity index (χ1n) is 5.75. The molecule has 0 aliphatic rings. The van der Waals surface area contributed by atoms with E-state index in [1.165, 1.54) is 0 Å². The highest BCUT2D eigenvalue weighted by molar-refractivity contribution is 5.94. The molecule has 0 spiro atoms. The minimum absolute atomic E-state index is 0.0942. The molecule has 0 saturated carbocycles. The van der Waals surface area contributed by atoms with Crippen LogP contribution >= 0.6 is 0 Å². The topological polar surface area (TPSA) is 54.0 Å². The van der Waals surface area contributed by atoms with Crippen LogP contribution in [0.4, 0.5) is 5.69 Å². The lowest BCUT2D eigenvalue weighted by atomic mass is 10.2. The number of aromatic nitrogens is 1. The van der Waals surface area contributed by atoms with Crippen molar-refractivity contribution < 1.29 is 4.79 Å². The summed E-state index contributed by atoms with van der Waals surface area (Å²) in [6, 6.07) is 13.0. The molecule has 0 saturated heterocycles. The Morgan fingerprint density at radius 3 is 2.56 bits per heavy atom. The quantitative estimate of drug-likeness (QED) is 0.861. The van der Waals surface area contributed by atoms with Crippen LogP contribution in [0.2, 0.25) is 0 Å². The van der Waals surface area contributed by atoms with Gasteiger partial charge in [-0.15, -0.1) is 0 Å². The Kier molecular flexibility index (Phi) is 3.91. The lowest BCUT2D eigenvalue weighted by Gasteiger charge is -2.05. The fourth-order valence-electron chi connectivity index (χ4n) is 1.56. The van der Waals surface area contributed by atoms with Crippen LogP contribution in [0.3, 0.4) is 0 Å². The van der Waals surface area contributed by atoms with Crippen LogP contribution in [-0.2, 0) is 6.54 Å². The number of anilines is 1.